The molecule has 1 aromatic heterocycles. The van der Waals surface area contributed by atoms with Crippen LogP contribution in [0, 0.1) is 11.3 Å². The zero-order valence-electron chi connectivity index (χ0n) is 12.5. The van der Waals surface area contributed by atoms with E-state index in [1.165, 1.54) is 12.1 Å². The number of halogens is 3. The maximum atomic E-state index is 12.7. The van der Waals surface area contributed by atoms with Gasteiger partial charge in [0.15, 0.2) is 0 Å². The molecule has 24 heavy (non-hydrogen) atoms. The average Bonchev–Trinajstić information content (AvgIpc) is 2.96. The van der Waals surface area contributed by atoms with Gasteiger partial charge >= 0.3 is 6.18 Å². The minimum absolute atomic E-state index is 0.250. The Hall–Kier alpha value is -2.59. The Labute approximate surface area is 136 Å². The zero-order valence-corrected chi connectivity index (χ0v) is 12.5. The second-order valence-corrected chi connectivity index (χ2v) is 5.67. The summed E-state index contributed by atoms with van der Waals surface area (Å²) in [7, 11) is 0. The van der Waals surface area contributed by atoms with Crippen molar-refractivity contribution in [2.24, 2.45) is 0 Å². The summed E-state index contributed by atoms with van der Waals surface area (Å²) in [4.78, 5) is 6.03. The van der Waals surface area contributed by atoms with Crippen molar-refractivity contribution in [1.29, 1.82) is 5.26 Å². The Balaban J connectivity index is 1.92. The van der Waals surface area contributed by atoms with E-state index in [1.54, 1.807) is 18.2 Å². The van der Waals surface area contributed by atoms with Crippen LogP contribution in [0.15, 0.2) is 42.5 Å². The summed E-state index contributed by atoms with van der Waals surface area (Å²) < 4.78 is 38.1. The van der Waals surface area contributed by atoms with Crippen molar-refractivity contribution in [2.75, 3.05) is 11.4 Å². The largest absolute Gasteiger partial charge is 0.416 e. The molecule has 0 amide bonds. The van der Waals surface area contributed by atoms with Crippen molar-refractivity contribution in [3.63, 3.8) is 0 Å². The Morgan fingerprint density at radius 2 is 1.88 bits per heavy atom. The van der Waals surface area contributed by atoms with Crippen LogP contribution in [-0.2, 0) is 6.18 Å². The lowest BCUT2D eigenvalue weighted by molar-refractivity contribution is -0.137. The molecule has 0 bridgehead atoms. The summed E-state index contributed by atoms with van der Waals surface area (Å²) in [5, 5.41) is 18.9. The van der Waals surface area contributed by atoms with Crippen LogP contribution >= 0.6 is 0 Å². The first-order chi connectivity index (χ1) is 11.4. The Morgan fingerprint density at radius 1 is 1.17 bits per heavy atom. The van der Waals surface area contributed by atoms with E-state index in [4.69, 9.17) is 5.26 Å². The number of nitrogens with zero attached hydrogens (tertiary/aromatic N) is 3. The molecular weight excluding hydrogens is 319 g/mol. The number of pyridine rings is 1. The topological polar surface area (TPSA) is 60.2 Å². The van der Waals surface area contributed by atoms with Crippen LogP contribution in [0.1, 0.15) is 29.3 Å². The third-order valence-corrected chi connectivity index (χ3v) is 4.04. The van der Waals surface area contributed by atoms with Gasteiger partial charge in [-0.3, -0.25) is 0 Å². The number of aliphatic hydroxyl groups excluding tert-OH is 1. The van der Waals surface area contributed by atoms with Crippen LogP contribution in [0.2, 0.25) is 0 Å². The van der Waals surface area contributed by atoms with Gasteiger partial charge in [0, 0.05) is 6.54 Å². The monoisotopic (exact) mass is 333 g/mol. The summed E-state index contributed by atoms with van der Waals surface area (Å²) in [6.45, 7) is 0.313. The third kappa shape index (κ3) is 3.19. The molecule has 4 nitrogen and oxygen atoms in total. The summed E-state index contributed by atoms with van der Waals surface area (Å²) >= 11 is 0. The first-order valence-electron chi connectivity index (χ1n) is 7.37. The highest BCUT2D eigenvalue weighted by Crippen LogP contribution is 2.37. The second-order valence-electron chi connectivity index (χ2n) is 5.67. The van der Waals surface area contributed by atoms with E-state index in [0.717, 1.165) is 12.1 Å². The normalized spacial score (nSPS) is 20.9. The Morgan fingerprint density at radius 3 is 2.50 bits per heavy atom. The maximum Gasteiger partial charge on any atom is 0.416 e. The Kier molecular flexibility index (Phi) is 4.16. The standard InChI is InChI=1S/C17H14F3N3O/c18-17(19,20)12-6-4-11(5-7-12)15-8-14(24)10-23(15)16-3-1-2-13(9-21)22-16/h1-7,14-15,24H,8,10H2/t14-,15+/m1/s1. The van der Waals surface area contributed by atoms with Gasteiger partial charge in [-0.15, -0.1) is 0 Å². The van der Waals surface area contributed by atoms with E-state index in [-0.39, 0.29) is 11.7 Å². The van der Waals surface area contributed by atoms with Gasteiger partial charge in [0.2, 0.25) is 0 Å². The predicted octanol–water partition coefficient (Wildman–Crippen LogP) is 3.28. The summed E-state index contributed by atoms with van der Waals surface area (Å²) in [6, 6.07) is 11.6. The third-order valence-electron chi connectivity index (χ3n) is 4.04. The molecule has 124 valence electrons. The van der Waals surface area contributed by atoms with Crippen LogP contribution in [-0.4, -0.2) is 22.7 Å². The van der Waals surface area contributed by atoms with E-state index in [1.807, 2.05) is 11.0 Å². The van der Waals surface area contributed by atoms with E-state index < -0.39 is 17.8 Å². The molecule has 2 atom stereocenters. The predicted molar refractivity (Wildman–Crippen MR) is 81.1 cm³/mol. The number of rotatable bonds is 2. The lowest BCUT2D eigenvalue weighted by Crippen LogP contribution is -2.25. The van der Waals surface area contributed by atoms with Gasteiger partial charge < -0.3 is 10.0 Å². The van der Waals surface area contributed by atoms with Crippen LogP contribution in [0.5, 0.6) is 0 Å². The molecule has 0 saturated carbocycles. The molecule has 2 heterocycles. The second kappa shape index (κ2) is 6.13. The number of alkyl halides is 3. The van der Waals surface area contributed by atoms with Crippen LogP contribution in [0.4, 0.5) is 19.0 Å². The van der Waals surface area contributed by atoms with E-state index in [2.05, 4.69) is 4.98 Å². The van der Waals surface area contributed by atoms with Crippen LogP contribution in [0.3, 0.4) is 0 Å². The van der Waals surface area contributed by atoms with Crippen molar-refractivity contribution in [3.8, 4) is 6.07 Å². The molecule has 3 rings (SSSR count). The van der Waals surface area contributed by atoms with Gasteiger partial charge in [0.05, 0.1) is 17.7 Å². The molecule has 1 aromatic carbocycles. The number of nitriles is 1. The number of β-amino-alcohol motifs (C(OH)–C–C–N with tert-alkyl or cyclic N) is 1. The fraction of sp³-hybridized carbons (Fsp3) is 0.294. The number of aromatic nitrogens is 1. The van der Waals surface area contributed by atoms with Gasteiger partial charge in [0.1, 0.15) is 17.6 Å². The van der Waals surface area contributed by atoms with Gasteiger partial charge in [0.25, 0.3) is 0 Å². The SMILES string of the molecule is N#Cc1cccc(N2C[C@H](O)C[C@H]2c2ccc(C(F)(F)F)cc2)n1. The average molecular weight is 333 g/mol. The van der Waals surface area contributed by atoms with E-state index in [9.17, 15) is 18.3 Å². The summed E-state index contributed by atoms with van der Waals surface area (Å²) in [5.41, 5.74) is 0.213. The lowest BCUT2D eigenvalue weighted by Gasteiger charge is -2.26. The number of aliphatic hydroxyl groups is 1. The maximum absolute atomic E-state index is 12.7. The van der Waals surface area contributed by atoms with E-state index >= 15 is 0 Å². The number of anilines is 1. The highest BCUT2D eigenvalue weighted by molar-refractivity contribution is 5.47. The van der Waals surface area contributed by atoms with Gasteiger partial charge in [-0.2, -0.15) is 18.4 Å². The van der Waals surface area contributed by atoms with Crippen LogP contribution < -0.4 is 4.90 Å². The molecule has 1 fully saturated rings. The quantitative estimate of drug-likeness (QED) is 0.916. The fourth-order valence-electron chi connectivity index (χ4n) is 2.92. The molecule has 0 radical (unpaired) electrons. The molecule has 2 aromatic rings. The first kappa shape index (κ1) is 16.3. The number of hydrogen-bond donors (Lipinski definition) is 1. The smallest absolute Gasteiger partial charge is 0.391 e. The highest BCUT2D eigenvalue weighted by atomic mass is 19.4. The van der Waals surface area contributed by atoms with Crippen molar-refractivity contribution in [2.45, 2.75) is 24.7 Å². The lowest BCUT2D eigenvalue weighted by atomic mass is 10.0. The number of hydrogen-bond acceptors (Lipinski definition) is 4. The minimum Gasteiger partial charge on any atom is -0.391 e. The summed E-state index contributed by atoms with van der Waals surface area (Å²) in [5.74, 6) is 0.524. The van der Waals surface area contributed by atoms with Gasteiger partial charge in [-0.1, -0.05) is 18.2 Å². The van der Waals surface area contributed by atoms with Crippen molar-refractivity contribution in [3.05, 3.63) is 59.3 Å². The van der Waals surface area contributed by atoms with Gasteiger partial charge in [-0.05, 0) is 36.2 Å². The molecular formula is C17H14F3N3O. The van der Waals surface area contributed by atoms with Crippen molar-refractivity contribution < 1.29 is 18.3 Å². The first-order valence-corrected chi connectivity index (χ1v) is 7.37. The molecule has 1 aliphatic rings. The molecule has 0 aliphatic carbocycles. The van der Waals surface area contributed by atoms with Gasteiger partial charge in [-0.25, -0.2) is 4.98 Å². The highest BCUT2D eigenvalue weighted by Gasteiger charge is 2.34. The molecule has 0 unspecified atom stereocenters. The molecule has 7 heteroatoms. The minimum atomic E-state index is -4.38. The van der Waals surface area contributed by atoms with Crippen LogP contribution in [0.25, 0.3) is 0 Å². The molecule has 1 saturated heterocycles. The molecule has 1 aliphatic heterocycles. The number of benzene rings is 1. The summed E-state index contributed by atoms with van der Waals surface area (Å²) in [6.07, 6.45) is -4.59. The van der Waals surface area contributed by atoms with E-state index in [0.29, 0.717) is 24.3 Å². The zero-order chi connectivity index (χ0) is 17.3. The van der Waals surface area contributed by atoms with Crippen molar-refractivity contribution in [1.82, 2.24) is 4.98 Å². The molecule has 0 spiro atoms. The Bertz CT molecular complexity index is 768. The molecule has 1 N–H and O–H groups in total. The fourth-order valence-corrected chi connectivity index (χ4v) is 2.92. The van der Waals surface area contributed by atoms with Crippen molar-refractivity contribution >= 4 is 5.82 Å².